The molecule has 0 radical (unpaired) electrons. The third-order valence-corrected chi connectivity index (χ3v) is 4.39. The van der Waals surface area contributed by atoms with Gasteiger partial charge in [0.2, 0.25) is 0 Å². The first kappa shape index (κ1) is 14.5. The topological polar surface area (TPSA) is 24.9 Å². The second-order valence-electron chi connectivity index (χ2n) is 3.85. The van der Waals surface area contributed by atoms with Crippen molar-refractivity contribution in [2.45, 2.75) is 12.2 Å². The van der Waals surface area contributed by atoms with Gasteiger partial charge in [0.25, 0.3) is 0 Å². The van der Waals surface area contributed by atoms with Crippen LogP contribution in [-0.4, -0.2) is 12.0 Å². The van der Waals surface area contributed by atoms with Gasteiger partial charge in [-0.2, -0.15) is 13.2 Å². The minimum Gasteiger partial charge on any atom is -0.309 e. The smallest absolute Gasteiger partial charge is 0.309 e. The lowest BCUT2D eigenvalue weighted by Crippen LogP contribution is -2.21. The Morgan fingerprint density at radius 3 is 2.68 bits per heavy atom. The summed E-state index contributed by atoms with van der Waals surface area (Å²) < 4.78 is 39.9. The molecule has 2 rings (SSSR count). The highest BCUT2D eigenvalue weighted by molar-refractivity contribution is 9.10. The highest BCUT2D eigenvalue weighted by Crippen LogP contribution is 2.37. The number of thiophene rings is 1. The minimum absolute atomic E-state index is 0.131. The first-order valence-corrected chi connectivity index (χ1v) is 7.03. The Morgan fingerprint density at radius 1 is 1.42 bits per heavy atom. The molecule has 2 heterocycles. The number of pyridine rings is 1. The first-order chi connectivity index (χ1) is 8.93. The van der Waals surface area contributed by atoms with Gasteiger partial charge in [0.1, 0.15) is 0 Å². The molecule has 7 heteroatoms. The summed E-state index contributed by atoms with van der Waals surface area (Å²) in [6.07, 6.45) is -1.97. The fraction of sp³-hybridized carbons (Fsp3) is 0.250. The SMILES string of the molecule is CNC(c1cc(Br)cs1)c1cnccc1C(F)(F)F. The maximum Gasteiger partial charge on any atom is 0.416 e. The number of aromatic nitrogens is 1. The van der Waals surface area contributed by atoms with Gasteiger partial charge in [-0.1, -0.05) is 0 Å². The van der Waals surface area contributed by atoms with E-state index in [9.17, 15) is 13.2 Å². The van der Waals surface area contributed by atoms with Crippen LogP contribution in [0.1, 0.15) is 22.0 Å². The summed E-state index contributed by atoms with van der Waals surface area (Å²) in [7, 11) is 1.63. The summed E-state index contributed by atoms with van der Waals surface area (Å²) in [4.78, 5) is 4.61. The lowest BCUT2D eigenvalue weighted by atomic mass is 10.0. The van der Waals surface area contributed by atoms with Crippen LogP contribution in [-0.2, 0) is 6.18 Å². The highest BCUT2D eigenvalue weighted by atomic mass is 79.9. The molecule has 0 bridgehead atoms. The predicted octanol–water partition coefficient (Wildman–Crippen LogP) is 4.23. The van der Waals surface area contributed by atoms with Gasteiger partial charge in [-0.15, -0.1) is 11.3 Å². The molecule has 1 N–H and O–H groups in total. The van der Waals surface area contributed by atoms with E-state index in [1.54, 1.807) is 13.1 Å². The molecule has 0 aliphatic rings. The molecule has 102 valence electrons. The molecule has 0 aliphatic carbocycles. The van der Waals surface area contributed by atoms with Crippen molar-refractivity contribution in [3.63, 3.8) is 0 Å². The standard InChI is InChI=1S/C12H10BrF3N2S/c1-17-11(10-4-7(13)6-19-10)8-5-18-3-2-9(8)12(14,15)16/h2-6,11,17H,1H3. The van der Waals surface area contributed by atoms with E-state index in [1.165, 1.54) is 17.5 Å². The average molecular weight is 351 g/mol. The number of hydrogen-bond acceptors (Lipinski definition) is 3. The third kappa shape index (κ3) is 3.16. The molecular formula is C12H10BrF3N2S. The fourth-order valence-corrected chi connectivity index (χ4v) is 3.40. The van der Waals surface area contributed by atoms with Gasteiger partial charge in [-0.05, 0) is 35.1 Å². The number of halogens is 4. The third-order valence-electron chi connectivity index (χ3n) is 2.63. The molecule has 0 amide bonds. The number of nitrogens with one attached hydrogen (secondary N) is 1. The van der Waals surface area contributed by atoms with E-state index in [0.29, 0.717) is 0 Å². The van der Waals surface area contributed by atoms with Gasteiger partial charge in [-0.3, -0.25) is 4.98 Å². The van der Waals surface area contributed by atoms with Crippen LogP contribution >= 0.6 is 27.3 Å². The quantitative estimate of drug-likeness (QED) is 0.895. The highest BCUT2D eigenvalue weighted by Gasteiger charge is 2.35. The van der Waals surface area contributed by atoms with E-state index in [-0.39, 0.29) is 5.56 Å². The van der Waals surface area contributed by atoms with Gasteiger partial charge in [0, 0.05) is 32.7 Å². The normalized spacial score (nSPS) is 13.5. The molecule has 0 saturated carbocycles. The lowest BCUT2D eigenvalue weighted by Gasteiger charge is -2.19. The zero-order chi connectivity index (χ0) is 14.0. The summed E-state index contributed by atoms with van der Waals surface area (Å²) in [5.41, 5.74) is -0.529. The van der Waals surface area contributed by atoms with Crippen LogP contribution in [0.3, 0.4) is 0 Å². The molecule has 2 aromatic rings. The average Bonchev–Trinajstić information content (AvgIpc) is 2.76. The van der Waals surface area contributed by atoms with E-state index in [0.717, 1.165) is 21.6 Å². The monoisotopic (exact) mass is 350 g/mol. The van der Waals surface area contributed by atoms with E-state index in [4.69, 9.17) is 0 Å². The molecule has 0 aromatic carbocycles. The van der Waals surface area contributed by atoms with Crippen molar-refractivity contribution in [3.05, 3.63) is 50.4 Å². The van der Waals surface area contributed by atoms with Gasteiger partial charge in [0.15, 0.2) is 0 Å². The molecule has 1 unspecified atom stereocenters. The van der Waals surface area contributed by atoms with Crippen LogP contribution in [0.5, 0.6) is 0 Å². The van der Waals surface area contributed by atoms with Gasteiger partial charge < -0.3 is 5.32 Å². The Balaban J connectivity index is 2.50. The Bertz CT molecular complexity index is 568. The lowest BCUT2D eigenvalue weighted by molar-refractivity contribution is -0.138. The van der Waals surface area contributed by atoms with E-state index in [1.807, 2.05) is 5.38 Å². The summed E-state index contributed by atoms with van der Waals surface area (Å²) in [6.45, 7) is 0. The second kappa shape index (κ2) is 5.60. The first-order valence-electron chi connectivity index (χ1n) is 5.35. The van der Waals surface area contributed by atoms with Crippen molar-refractivity contribution >= 4 is 27.3 Å². The number of rotatable bonds is 3. The van der Waals surface area contributed by atoms with Crippen molar-refractivity contribution in [3.8, 4) is 0 Å². The zero-order valence-electron chi connectivity index (χ0n) is 9.83. The van der Waals surface area contributed by atoms with Crippen molar-refractivity contribution in [2.75, 3.05) is 7.05 Å². The maximum absolute atomic E-state index is 13.0. The van der Waals surface area contributed by atoms with E-state index < -0.39 is 17.8 Å². The number of alkyl halides is 3. The van der Waals surface area contributed by atoms with Crippen LogP contribution in [0.15, 0.2) is 34.4 Å². The van der Waals surface area contributed by atoms with Crippen LogP contribution in [0.25, 0.3) is 0 Å². The molecule has 2 aromatic heterocycles. The molecule has 0 fully saturated rings. The molecule has 0 spiro atoms. The summed E-state index contributed by atoms with van der Waals surface area (Å²) >= 11 is 4.70. The molecule has 2 nitrogen and oxygen atoms in total. The van der Waals surface area contributed by atoms with Crippen molar-refractivity contribution in [1.29, 1.82) is 0 Å². The van der Waals surface area contributed by atoms with Gasteiger partial charge in [-0.25, -0.2) is 0 Å². The summed E-state index contributed by atoms with van der Waals surface area (Å²) in [5.74, 6) is 0. The van der Waals surface area contributed by atoms with Gasteiger partial charge in [0.05, 0.1) is 11.6 Å². The predicted molar refractivity (Wildman–Crippen MR) is 72.2 cm³/mol. The Labute approximate surface area is 120 Å². The molecular weight excluding hydrogens is 341 g/mol. The molecule has 19 heavy (non-hydrogen) atoms. The molecule has 0 aliphatic heterocycles. The van der Waals surface area contributed by atoms with Crippen molar-refractivity contribution < 1.29 is 13.2 Å². The molecule has 0 saturated heterocycles. The van der Waals surface area contributed by atoms with Crippen LogP contribution in [0.4, 0.5) is 13.2 Å². The van der Waals surface area contributed by atoms with Crippen molar-refractivity contribution in [1.82, 2.24) is 10.3 Å². The van der Waals surface area contributed by atoms with E-state index in [2.05, 4.69) is 26.2 Å². The van der Waals surface area contributed by atoms with E-state index >= 15 is 0 Å². The largest absolute Gasteiger partial charge is 0.416 e. The zero-order valence-corrected chi connectivity index (χ0v) is 12.2. The number of nitrogens with zero attached hydrogens (tertiary/aromatic N) is 1. The van der Waals surface area contributed by atoms with Crippen molar-refractivity contribution in [2.24, 2.45) is 0 Å². The summed E-state index contributed by atoms with van der Waals surface area (Å²) in [6, 6.07) is 2.28. The maximum atomic E-state index is 13.0. The Morgan fingerprint density at radius 2 is 2.16 bits per heavy atom. The second-order valence-corrected chi connectivity index (χ2v) is 5.71. The van der Waals surface area contributed by atoms with Gasteiger partial charge >= 0.3 is 6.18 Å². The fourth-order valence-electron chi connectivity index (χ4n) is 1.83. The Hall–Kier alpha value is -0.920. The van der Waals surface area contributed by atoms with Crippen LogP contribution in [0, 0.1) is 0 Å². The molecule has 1 atom stereocenters. The minimum atomic E-state index is -4.39. The number of hydrogen-bond donors (Lipinski definition) is 1. The van der Waals surface area contributed by atoms with Crippen LogP contribution in [0.2, 0.25) is 0 Å². The van der Waals surface area contributed by atoms with Crippen LogP contribution < -0.4 is 5.32 Å². The summed E-state index contributed by atoms with van der Waals surface area (Å²) in [5, 5.41) is 4.75. The Kier molecular flexibility index (Phi) is 4.27.